The molecule has 182 valence electrons. The van der Waals surface area contributed by atoms with Gasteiger partial charge in [-0.1, -0.05) is 35.9 Å². The number of nitrogens with two attached hydrogens (primary N) is 1. The molecule has 0 saturated heterocycles. The van der Waals surface area contributed by atoms with Gasteiger partial charge in [0.1, 0.15) is 5.82 Å². The van der Waals surface area contributed by atoms with E-state index in [-0.39, 0.29) is 18.4 Å². The number of anilines is 1. The van der Waals surface area contributed by atoms with Crippen LogP contribution in [0.5, 0.6) is 5.88 Å². The maximum atomic E-state index is 14.5. The van der Waals surface area contributed by atoms with Crippen LogP contribution in [0.2, 0.25) is 5.02 Å². The number of hydrogen-bond donors (Lipinski definition) is 1. The van der Waals surface area contributed by atoms with Crippen LogP contribution >= 0.6 is 11.6 Å². The number of halogens is 2. The van der Waals surface area contributed by atoms with E-state index in [0.717, 1.165) is 11.1 Å². The van der Waals surface area contributed by atoms with Gasteiger partial charge in [-0.2, -0.15) is 0 Å². The van der Waals surface area contributed by atoms with E-state index in [0.29, 0.717) is 45.5 Å². The summed E-state index contributed by atoms with van der Waals surface area (Å²) in [5.41, 5.74) is 10.1. The number of rotatable bonds is 5. The van der Waals surface area contributed by atoms with E-state index in [1.807, 2.05) is 18.2 Å². The Labute approximate surface area is 212 Å². The zero-order valence-electron chi connectivity index (χ0n) is 19.7. The zero-order valence-corrected chi connectivity index (χ0v) is 20.5. The average Bonchev–Trinajstić information content (AvgIpc) is 2.85. The van der Waals surface area contributed by atoms with Gasteiger partial charge in [0.25, 0.3) is 5.91 Å². The summed E-state index contributed by atoms with van der Waals surface area (Å²) in [6.07, 6.45) is 0.373. The number of nitrogen functional groups attached to an aromatic ring is 1. The Morgan fingerprint density at radius 3 is 2.69 bits per heavy atom. The fourth-order valence-electron chi connectivity index (χ4n) is 4.67. The van der Waals surface area contributed by atoms with Crippen molar-refractivity contribution >= 4 is 23.5 Å². The summed E-state index contributed by atoms with van der Waals surface area (Å²) in [6, 6.07) is 16.7. The minimum Gasteiger partial charge on any atom is -0.481 e. The zero-order chi connectivity index (χ0) is 25.4. The van der Waals surface area contributed by atoms with Gasteiger partial charge < -0.3 is 15.4 Å². The molecule has 0 bridgehead atoms. The lowest BCUT2D eigenvalue weighted by Gasteiger charge is -2.38. The molecule has 0 unspecified atom stereocenters. The highest BCUT2D eigenvalue weighted by atomic mass is 35.5. The smallest absolute Gasteiger partial charge is 0.258 e. The first-order valence-corrected chi connectivity index (χ1v) is 11.7. The third-order valence-electron chi connectivity index (χ3n) is 6.24. The lowest BCUT2D eigenvalue weighted by Crippen LogP contribution is -2.41. The van der Waals surface area contributed by atoms with Crippen LogP contribution in [-0.2, 0) is 13.0 Å². The first-order valence-electron chi connectivity index (χ1n) is 11.3. The number of aromatic nitrogens is 3. The number of fused-ring (bicyclic) bond motifs is 1. The molecule has 0 aliphatic carbocycles. The number of amides is 1. The fraction of sp³-hybridized carbons (Fsp3) is 0.185. The van der Waals surface area contributed by atoms with E-state index in [4.69, 9.17) is 22.1 Å². The highest BCUT2D eigenvalue weighted by Crippen LogP contribution is 2.39. The van der Waals surface area contributed by atoms with Gasteiger partial charge in [0.15, 0.2) is 0 Å². The van der Waals surface area contributed by atoms with E-state index in [1.165, 1.54) is 19.2 Å². The highest BCUT2D eigenvalue weighted by molar-refractivity contribution is 6.30. The molecule has 1 amide bonds. The molecule has 2 aromatic heterocycles. The van der Waals surface area contributed by atoms with Crippen LogP contribution in [0, 0.1) is 12.7 Å². The van der Waals surface area contributed by atoms with Crippen molar-refractivity contribution in [3.8, 4) is 17.1 Å². The molecule has 36 heavy (non-hydrogen) atoms. The quantitative estimate of drug-likeness (QED) is 0.404. The molecule has 0 spiro atoms. The fourth-order valence-corrected chi connectivity index (χ4v) is 4.88. The van der Waals surface area contributed by atoms with Gasteiger partial charge in [0, 0.05) is 29.6 Å². The van der Waals surface area contributed by atoms with Gasteiger partial charge in [0.05, 0.1) is 35.8 Å². The van der Waals surface area contributed by atoms with E-state index < -0.39 is 11.9 Å². The topological polar surface area (TPSA) is 94.2 Å². The number of carbonyl (C=O) groups is 1. The number of pyridine rings is 1. The molecule has 0 fully saturated rings. The maximum absolute atomic E-state index is 14.5. The predicted octanol–water partition coefficient (Wildman–Crippen LogP) is 5.17. The van der Waals surface area contributed by atoms with Gasteiger partial charge in [-0.25, -0.2) is 19.3 Å². The molecule has 7 nitrogen and oxygen atoms in total. The monoisotopic (exact) mass is 503 g/mol. The normalized spacial score (nSPS) is 15.1. The molecule has 1 atom stereocenters. The molecule has 3 heterocycles. The van der Waals surface area contributed by atoms with Crippen molar-refractivity contribution in [2.75, 3.05) is 12.8 Å². The largest absolute Gasteiger partial charge is 0.481 e. The van der Waals surface area contributed by atoms with Crippen LogP contribution in [0.25, 0.3) is 11.3 Å². The van der Waals surface area contributed by atoms with E-state index >= 15 is 0 Å². The first kappa shape index (κ1) is 23.7. The summed E-state index contributed by atoms with van der Waals surface area (Å²) in [7, 11) is 1.52. The van der Waals surface area contributed by atoms with Gasteiger partial charge >= 0.3 is 0 Å². The number of hydrogen-bond acceptors (Lipinski definition) is 6. The van der Waals surface area contributed by atoms with Gasteiger partial charge in [0.2, 0.25) is 11.8 Å². The number of aryl methyl sites for hydroxylation is 1. The van der Waals surface area contributed by atoms with Crippen molar-refractivity contribution in [2.24, 2.45) is 0 Å². The maximum Gasteiger partial charge on any atom is 0.258 e. The van der Waals surface area contributed by atoms with Crippen LogP contribution in [0.4, 0.5) is 10.3 Å². The van der Waals surface area contributed by atoms with Crippen molar-refractivity contribution in [1.29, 1.82) is 0 Å². The lowest BCUT2D eigenvalue weighted by atomic mass is 9.88. The second kappa shape index (κ2) is 9.54. The Morgan fingerprint density at radius 1 is 1.11 bits per heavy atom. The van der Waals surface area contributed by atoms with Crippen LogP contribution in [0.1, 0.15) is 38.9 Å². The molecule has 2 aromatic carbocycles. The highest BCUT2D eigenvalue weighted by Gasteiger charge is 2.37. The molecule has 1 aliphatic rings. The minimum absolute atomic E-state index is 0.106. The third-order valence-corrected chi connectivity index (χ3v) is 6.48. The van der Waals surface area contributed by atoms with Crippen LogP contribution in [-0.4, -0.2) is 32.9 Å². The Kier molecular flexibility index (Phi) is 6.28. The van der Waals surface area contributed by atoms with Crippen molar-refractivity contribution in [2.45, 2.75) is 25.9 Å². The molecule has 2 N–H and O–H groups in total. The summed E-state index contributed by atoms with van der Waals surface area (Å²) in [5, 5.41) is 0.573. The number of ether oxygens (including phenoxy) is 1. The van der Waals surface area contributed by atoms with E-state index in [9.17, 15) is 9.18 Å². The second-order valence-corrected chi connectivity index (χ2v) is 9.01. The van der Waals surface area contributed by atoms with Gasteiger partial charge in [-0.15, -0.1) is 0 Å². The number of methoxy groups -OCH3 is 1. The lowest BCUT2D eigenvalue weighted by molar-refractivity contribution is 0.0625. The third kappa shape index (κ3) is 4.47. The minimum atomic E-state index is -0.471. The van der Waals surface area contributed by atoms with Crippen LogP contribution < -0.4 is 10.5 Å². The molecule has 1 aliphatic heterocycles. The van der Waals surface area contributed by atoms with Crippen LogP contribution in [0.15, 0.2) is 60.7 Å². The molecular formula is C27H23ClFN5O2. The van der Waals surface area contributed by atoms with Crippen molar-refractivity contribution < 1.29 is 13.9 Å². The van der Waals surface area contributed by atoms with Crippen LogP contribution in [0.3, 0.4) is 0 Å². The summed E-state index contributed by atoms with van der Waals surface area (Å²) in [5.74, 6) is -0.133. The summed E-state index contributed by atoms with van der Waals surface area (Å²) in [6.45, 7) is 2.03. The van der Waals surface area contributed by atoms with Crippen molar-refractivity contribution in [1.82, 2.24) is 19.9 Å². The SMILES string of the molecule is COc1cccc(-c2cc(F)ccc2[C@H]2Cc3nc(N)nc(C)c3C(=O)N2Cc2cccc(Cl)c2)n1. The van der Waals surface area contributed by atoms with E-state index in [1.54, 1.807) is 42.2 Å². The predicted molar refractivity (Wildman–Crippen MR) is 135 cm³/mol. The summed E-state index contributed by atoms with van der Waals surface area (Å²) >= 11 is 6.23. The Bertz CT molecular complexity index is 1480. The molecule has 0 radical (unpaired) electrons. The van der Waals surface area contributed by atoms with Gasteiger partial charge in [-0.3, -0.25) is 4.79 Å². The molecule has 0 saturated carbocycles. The van der Waals surface area contributed by atoms with Crippen molar-refractivity contribution in [3.05, 3.63) is 99.6 Å². The molecule has 9 heteroatoms. The first-order chi connectivity index (χ1) is 17.3. The second-order valence-electron chi connectivity index (χ2n) is 8.57. The van der Waals surface area contributed by atoms with E-state index in [2.05, 4.69) is 15.0 Å². The molecule has 5 rings (SSSR count). The molecule has 4 aromatic rings. The summed E-state index contributed by atoms with van der Waals surface area (Å²) in [4.78, 5) is 28.8. The number of benzene rings is 2. The molecular weight excluding hydrogens is 481 g/mol. The van der Waals surface area contributed by atoms with Gasteiger partial charge in [-0.05, 0) is 48.4 Å². The standard InChI is InChI=1S/C27H23ClFN5O2/c1-15-25-22(33-27(30)31-15)13-23(34(26(25)35)14-16-5-3-6-17(28)11-16)19-10-9-18(29)12-20(19)21-7-4-8-24(32-21)36-2/h3-12,23H,13-14H2,1-2H3,(H2,30,31,33)/t23-/m1/s1. The number of carbonyl (C=O) groups excluding carboxylic acids is 1. The Hall–Kier alpha value is -4.04. The Balaban J connectivity index is 1.68. The Morgan fingerprint density at radius 2 is 1.92 bits per heavy atom. The van der Waals surface area contributed by atoms with Crippen molar-refractivity contribution in [3.63, 3.8) is 0 Å². The summed E-state index contributed by atoms with van der Waals surface area (Å²) < 4.78 is 19.8. The average molecular weight is 504 g/mol. The number of nitrogens with zero attached hydrogens (tertiary/aromatic N) is 4.